The van der Waals surface area contributed by atoms with Crippen LogP contribution < -0.4 is 5.32 Å². The largest absolute Gasteiger partial charge is 0.408 e. The summed E-state index contributed by atoms with van der Waals surface area (Å²) in [5.41, 5.74) is 0.842. The molecule has 0 aliphatic heterocycles. The first-order chi connectivity index (χ1) is 7.34. The SMILES string of the molecule is CC[C@@H](Nc1cc(C)c(Br)cn1)C(F)(F)F. The van der Waals surface area contributed by atoms with Crippen LogP contribution in [0.15, 0.2) is 16.7 Å². The normalized spacial score (nSPS) is 13.6. The van der Waals surface area contributed by atoms with Gasteiger partial charge < -0.3 is 5.32 Å². The van der Waals surface area contributed by atoms with Gasteiger partial charge in [-0.3, -0.25) is 0 Å². The number of pyridine rings is 1. The van der Waals surface area contributed by atoms with Crippen molar-refractivity contribution in [1.82, 2.24) is 4.98 Å². The summed E-state index contributed by atoms with van der Waals surface area (Å²) < 4.78 is 38.2. The van der Waals surface area contributed by atoms with Crippen molar-refractivity contribution in [2.24, 2.45) is 0 Å². The van der Waals surface area contributed by atoms with Gasteiger partial charge >= 0.3 is 6.18 Å². The molecule has 1 aromatic heterocycles. The predicted molar refractivity (Wildman–Crippen MR) is 60.4 cm³/mol. The summed E-state index contributed by atoms with van der Waals surface area (Å²) in [5.74, 6) is 0.241. The van der Waals surface area contributed by atoms with Gasteiger partial charge in [-0.1, -0.05) is 6.92 Å². The molecule has 0 unspecified atom stereocenters. The highest BCUT2D eigenvalue weighted by atomic mass is 79.9. The van der Waals surface area contributed by atoms with E-state index in [4.69, 9.17) is 0 Å². The Morgan fingerprint density at radius 1 is 1.50 bits per heavy atom. The van der Waals surface area contributed by atoms with Gasteiger partial charge in [0.15, 0.2) is 0 Å². The maximum absolute atomic E-state index is 12.5. The van der Waals surface area contributed by atoms with E-state index in [-0.39, 0.29) is 12.2 Å². The molecule has 0 saturated carbocycles. The van der Waals surface area contributed by atoms with E-state index in [0.29, 0.717) is 0 Å². The molecule has 0 spiro atoms. The topological polar surface area (TPSA) is 24.9 Å². The molecule has 6 heteroatoms. The average molecular weight is 297 g/mol. The molecule has 0 fully saturated rings. The third kappa shape index (κ3) is 3.37. The van der Waals surface area contributed by atoms with Crippen molar-refractivity contribution in [2.45, 2.75) is 32.5 Å². The van der Waals surface area contributed by atoms with Gasteiger partial charge in [-0.25, -0.2) is 4.98 Å². The van der Waals surface area contributed by atoms with Crippen molar-refractivity contribution in [3.05, 3.63) is 22.3 Å². The molecule has 0 amide bonds. The number of hydrogen-bond acceptors (Lipinski definition) is 2. The van der Waals surface area contributed by atoms with Crippen molar-refractivity contribution >= 4 is 21.7 Å². The van der Waals surface area contributed by atoms with Crippen LogP contribution in [-0.4, -0.2) is 17.2 Å². The maximum Gasteiger partial charge on any atom is 0.408 e. The minimum atomic E-state index is -4.25. The van der Waals surface area contributed by atoms with Gasteiger partial charge in [0.1, 0.15) is 11.9 Å². The fourth-order valence-corrected chi connectivity index (χ4v) is 1.43. The monoisotopic (exact) mass is 296 g/mol. The lowest BCUT2D eigenvalue weighted by molar-refractivity contribution is -0.142. The zero-order valence-electron chi connectivity index (χ0n) is 8.90. The molecule has 1 heterocycles. The van der Waals surface area contributed by atoms with Crippen molar-refractivity contribution < 1.29 is 13.2 Å². The molecular weight excluding hydrogens is 285 g/mol. The molecule has 0 aromatic carbocycles. The second kappa shape index (κ2) is 5.03. The molecule has 1 atom stereocenters. The van der Waals surface area contributed by atoms with E-state index in [1.54, 1.807) is 13.0 Å². The third-order valence-electron chi connectivity index (χ3n) is 2.17. The third-order valence-corrected chi connectivity index (χ3v) is 3.00. The first-order valence-electron chi connectivity index (χ1n) is 4.80. The van der Waals surface area contributed by atoms with Crippen molar-refractivity contribution in [3.8, 4) is 0 Å². The van der Waals surface area contributed by atoms with Gasteiger partial charge in [0.25, 0.3) is 0 Å². The Morgan fingerprint density at radius 2 is 2.12 bits per heavy atom. The molecule has 90 valence electrons. The van der Waals surface area contributed by atoms with Gasteiger partial charge in [0.05, 0.1) is 0 Å². The Bertz CT molecular complexity index is 366. The molecular formula is C10H12BrF3N2. The van der Waals surface area contributed by atoms with Crippen molar-refractivity contribution in [2.75, 3.05) is 5.32 Å². The molecule has 1 aromatic rings. The molecule has 2 nitrogen and oxygen atoms in total. The molecule has 0 aliphatic rings. The summed E-state index contributed by atoms with van der Waals surface area (Å²) in [4.78, 5) is 3.88. The van der Waals surface area contributed by atoms with Gasteiger partial charge in [0, 0.05) is 10.7 Å². The van der Waals surface area contributed by atoms with E-state index >= 15 is 0 Å². The first-order valence-corrected chi connectivity index (χ1v) is 5.59. The van der Waals surface area contributed by atoms with Gasteiger partial charge in [-0.15, -0.1) is 0 Å². The fraction of sp³-hybridized carbons (Fsp3) is 0.500. The number of hydrogen-bond donors (Lipinski definition) is 1. The second-order valence-corrected chi connectivity index (χ2v) is 4.32. The number of rotatable bonds is 3. The van der Waals surface area contributed by atoms with E-state index in [9.17, 15) is 13.2 Å². The number of alkyl halides is 3. The summed E-state index contributed by atoms with van der Waals surface area (Å²) in [6.07, 6.45) is -2.79. The van der Waals surface area contributed by atoms with E-state index in [2.05, 4.69) is 26.2 Å². The van der Waals surface area contributed by atoms with Crippen LogP contribution in [0.5, 0.6) is 0 Å². The number of halogens is 4. The maximum atomic E-state index is 12.5. The highest BCUT2D eigenvalue weighted by Crippen LogP contribution is 2.26. The first kappa shape index (κ1) is 13.3. The minimum Gasteiger partial charge on any atom is -0.359 e. The number of aryl methyl sites for hydroxylation is 1. The predicted octanol–water partition coefficient (Wildman–Crippen LogP) is 3.91. The summed E-state index contributed by atoms with van der Waals surface area (Å²) in [5, 5.41) is 2.38. The lowest BCUT2D eigenvalue weighted by Gasteiger charge is -2.20. The number of nitrogens with zero attached hydrogens (tertiary/aromatic N) is 1. The Kier molecular flexibility index (Phi) is 4.18. The number of anilines is 1. The molecule has 16 heavy (non-hydrogen) atoms. The van der Waals surface area contributed by atoms with Crippen LogP contribution in [-0.2, 0) is 0 Å². The Labute approximate surface area is 100 Å². The highest BCUT2D eigenvalue weighted by molar-refractivity contribution is 9.10. The smallest absolute Gasteiger partial charge is 0.359 e. The van der Waals surface area contributed by atoms with Crippen LogP contribution in [0.1, 0.15) is 18.9 Å². The Balaban J connectivity index is 2.83. The van der Waals surface area contributed by atoms with E-state index < -0.39 is 12.2 Å². The molecule has 0 aliphatic carbocycles. The highest BCUT2D eigenvalue weighted by Gasteiger charge is 2.38. The second-order valence-electron chi connectivity index (χ2n) is 3.47. The fourth-order valence-electron chi connectivity index (χ4n) is 1.21. The zero-order valence-corrected chi connectivity index (χ0v) is 10.5. The van der Waals surface area contributed by atoms with Crippen LogP contribution in [0, 0.1) is 6.92 Å². The van der Waals surface area contributed by atoms with Crippen LogP contribution in [0.2, 0.25) is 0 Å². The zero-order chi connectivity index (χ0) is 12.3. The van der Waals surface area contributed by atoms with Crippen molar-refractivity contribution in [3.63, 3.8) is 0 Å². The number of nitrogens with one attached hydrogen (secondary N) is 1. The van der Waals surface area contributed by atoms with Crippen LogP contribution in [0.4, 0.5) is 19.0 Å². The van der Waals surface area contributed by atoms with E-state index in [0.717, 1.165) is 10.0 Å². The van der Waals surface area contributed by atoms with Gasteiger partial charge in [-0.2, -0.15) is 13.2 Å². The van der Waals surface area contributed by atoms with Crippen LogP contribution in [0.3, 0.4) is 0 Å². The average Bonchev–Trinajstić information content (AvgIpc) is 2.18. The van der Waals surface area contributed by atoms with Crippen LogP contribution >= 0.6 is 15.9 Å². The van der Waals surface area contributed by atoms with Gasteiger partial charge in [-0.05, 0) is 40.9 Å². The van der Waals surface area contributed by atoms with Crippen molar-refractivity contribution in [1.29, 1.82) is 0 Å². The summed E-state index contributed by atoms with van der Waals surface area (Å²) in [7, 11) is 0. The lowest BCUT2D eigenvalue weighted by Crippen LogP contribution is -2.35. The lowest BCUT2D eigenvalue weighted by atomic mass is 10.2. The molecule has 0 radical (unpaired) electrons. The van der Waals surface area contributed by atoms with Crippen LogP contribution in [0.25, 0.3) is 0 Å². The molecule has 0 bridgehead atoms. The quantitative estimate of drug-likeness (QED) is 0.915. The Hall–Kier alpha value is -0.780. The number of aromatic nitrogens is 1. The standard InChI is InChI=1S/C10H12BrF3N2/c1-3-8(10(12,13)14)16-9-4-6(2)7(11)5-15-9/h4-5,8H,3H2,1-2H3,(H,15,16)/t8-/m1/s1. The molecule has 1 N–H and O–H groups in total. The summed E-state index contributed by atoms with van der Waals surface area (Å²) >= 11 is 3.24. The summed E-state index contributed by atoms with van der Waals surface area (Å²) in [6.45, 7) is 3.28. The molecule has 1 rings (SSSR count). The minimum absolute atomic E-state index is 0.0275. The Morgan fingerprint density at radius 3 is 2.56 bits per heavy atom. The van der Waals surface area contributed by atoms with Gasteiger partial charge in [0.2, 0.25) is 0 Å². The van der Waals surface area contributed by atoms with E-state index in [1.165, 1.54) is 13.1 Å². The van der Waals surface area contributed by atoms with E-state index in [1.807, 2.05) is 0 Å². The molecule has 0 saturated heterocycles. The summed E-state index contributed by atoms with van der Waals surface area (Å²) in [6, 6.07) is 0.0268.